The minimum Gasteiger partial charge on any atom is -0.394 e. The zero-order valence-electron chi connectivity index (χ0n) is 17.8. The van der Waals surface area contributed by atoms with Gasteiger partial charge in [0, 0.05) is 5.56 Å². The number of aromatic nitrogens is 3. The van der Waals surface area contributed by atoms with Crippen LogP contribution >= 0.6 is 11.6 Å². The van der Waals surface area contributed by atoms with Gasteiger partial charge in [-0.15, -0.1) is 0 Å². The first-order chi connectivity index (χ1) is 15.3. The first-order valence-corrected chi connectivity index (χ1v) is 10.8. The average molecular weight is 463 g/mol. The lowest BCUT2D eigenvalue weighted by atomic mass is 10.1. The molecule has 10 heteroatoms. The minimum atomic E-state index is -0.805. The molecule has 2 N–H and O–H groups in total. The molecule has 2 fully saturated rings. The molecule has 4 heterocycles. The molecule has 1 aromatic carbocycles. The Morgan fingerprint density at radius 3 is 2.78 bits per heavy atom. The molecule has 8 nitrogen and oxygen atoms in total. The van der Waals surface area contributed by atoms with Crippen LogP contribution in [-0.2, 0) is 14.2 Å². The fraction of sp³-hybridized carbons (Fsp3) is 0.455. The van der Waals surface area contributed by atoms with Gasteiger partial charge >= 0.3 is 0 Å². The van der Waals surface area contributed by atoms with Gasteiger partial charge in [-0.25, -0.2) is 14.1 Å². The lowest BCUT2D eigenvalue weighted by Crippen LogP contribution is -2.31. The smallest absolute Gasteiger partial charge is 0.181 e. The number of aliphatic hydroxyl groups excluding tert-OH is 1. The van der Waals surface area contributed by atoms with Gasteiger partial charge in [-0.3, -0.25) is 0 Å². The van der Waals surface area contributed by atoms with Crippen LogP contribution in [0.1, 0.15) is 38.6 Å². The first-order valence-electron chi connectivity index (χ1n) is 10.4. The second-order valence-corrected chi connectivity index (χ2v) is 8.91. The fourth-order valence-corrected chi connectivity index (χ4v) is 4.62. The Bertz CT molecular complexity index is 1160. The van der Waals surface area contributed by atoms with E-state index in [1.807, 2.05) is 20.8 Å². The van der Waals surface area contributed by atoms with Crippen molar-refractivity contribution >= 4 is 28.3 Å². The topological polar surface area (TPSA) is 90.7 Å². The van der Waals surface area contributed by atoms with E-state index in [1.54, 1.807) is 35.1 Å². The van der Waals surface area contributed by atoms with Gasteiger partial charge in [0.05, 0.1) is 29.9 Å². The molecule has 2 aliphatic heterocycles. The van der Waals surface area contributed by atoms with Crippen LogP contribution in [0.3, 0.4) is 0 Å². The number of nitrogens with one attached hydrogen (secondary N) is 1. The monoisotopic (exact) mass is 462 g/mol. The molecule has 2 aliphatic rings. The lowest BCUT2D eigenvalue weighted by molar-refractivity contribution is -0.201. The minimum absolute atomic E-state index is 0.211. The van der Waals surface area contributed by atoms with E-state index in [9.17, 15) is 9.50 Å². The number of aliphatic hydroxyl groups is 1. The Morgan fingerprint density at radius 2 is 2.03 bits per heavy atom. The number of hydrogen-bond donors (Lipinski definition) is 2. The summed E-state index contributed by atoms with van der Waals surface area (Å²) in [4.78, 5) is 4.45. The standard InChI is InChI=1S/C22H24ClFN4O4/c1-11(12-6-4-5-7-14(12)24)26-15-8-17(23)27-20-13(15)9-25-28(20)21-19-18(16(10-29)30-21)31-22(2,3)32-19/h4-9,11,16,18-19,21,29H,10H2,1-3H3,(H,26,27)/t11-,16+,18+,19+,21+/m0/s1. The maximum atomic E-state index is 14.2. The fourth-order valence-electron chi connectivity index (χ4n) is 4.43. The molecule has 0 bridgehead atoms. The molecule has 2 saturated heterocycles. The summed E-state index contributed by atoms with van der Waals surface area (Å²) in [5.74, 6) is -1.10. The molecule has 5 atom stereocenters. The summed E-state index contributed by atoms with van der Waals surface area (Å²) in [6.07, 6.45) is -0.458. The number of ether oxygens (including phenoxy) is 3. The van der Waals surface area contributed by atoms with E-state index in [0.717, 1.165) is 0 Å². The van der Waals surface area contributed by atoms with E-state index < -0.39 is 30.3 Å². The van der Waals surface area contributed by atoms with Gasteiger partial charge in [-0.05, 0) is 32.9 Å². The van der Waals surface area contributed by atoms with Crippen molar-refractivity contribution in [3.05, 3.63) is 53.1 Å². The van der Waals surface area contributed by atoms with Crippen LogP contribution < -0.4 is 5.32 Å². The maximum Gasteiger partial charge on any atom is 0.181 e. The molecule has 5 rings (SSSR count). The number of benzene rings is 1. The van der Waals surface area contributed by atoms with Crippen molar-refractivity contribution < 1.29 is 23.7 Å². The van der Waals surface area contributed by atoms with Crippen molar-refractivity contribution in [3.63, 3.8) is 0 Å². The normalized spacial score (nSPS) is 27.6. The molecule has 2 aromatic heterocycles. The summed E-state index contributed by atoms with van der Waals surface area (Å²) >= 11 is 6.33. The van der Waals surface area contributed by atoms with E-state index in [0.29, 0.717) is 22.3 Å². The predicted octanol–water partition coefficient (Wildman–Crippen LogP) is 3.81. The van der Waals surface area contributed by atoms with Crippen molar-refractivity contribution in [2.75, 3.05) is 11.9 Å². The zero-order valence-corrected chi connectivity index (χ0v) is 18.6. The summed E-state index contributed by atoms with van der Waals surface area (Å²) in [5, 5.41) is 18.5. The van der Waals surface area contributed by atoms with Gasteiger partial charge in [0.1, 0.15) is 29.3 Å². The molecule has 32 heavy (non-hydrogen) atoms. The van der Waals surface area contributed by atoms with E-state index in [1.165, 1.54) is 6.07 Å². The van der Waals surface area contributed by atoms with Crippen LogP contribution in [0.5, 0.6) is 0 Å². The van der Waals surface area contributed by atoms with E-state index in [2.05, 4.69) is 15.4 Å². The average Bonchev–Trinajstić information content (AvgIpc) is 3.38. The van der Waals surface area contributed by atoms with Crippen molar-refractivity contribution in [2.24, 2.45) is 0 Å². The van der Waals surface area contributed by atoms with Gasteiger partial charge in [-0.2, -0.15) is 5.10 Å². The molecule has 0 unspecified atom stereocenters. The van der Waals surface area contributed by atoms with Crippen molar-refractivity contribution in [1.29, 1.82) is 0 Å². The Balaban J connectivity index is 1.51. The van der Waals surface area contributed by atoms with Gasteiger partial charge < -0.3 is 24.6 Å². The quantitative estimate of drug-likeness (QED) is 0.557. The van der Waals surface area contributed by atoms with Crippen molar-refractivity contribution in [2.45, 2.75) is 57.1 Å². The molecule has 170 valence electrons. The van der Waals surface area contributed by atoms with Gasteiger partial charge in [0.25, 0.3) is 0 Å². The summed E-state index contributed by atoms with van der Waals surface area (Å²) in [7, 11) is 0. The van der Waals surface area contributed by atoms with E-state index in [4.69, 9.17) is 25.8 Å². The Hall–Kier alpha value is -2.30. The molecule has 0 amide bonds. The zero-order chi connectivity index (χ0) is 22.6. The number of rotatable bonds is 5. The third kappa shape index (κ3) is 3.64. The molecule has 0 spiro atoms. The van der Waals surface area contributed by atoms with Crippen LogP contribution in [0.15, 0.2) is 36.5 Å². The number of hydrogen-bond acceptors (Lipinski definition) is 7. The summed E-state index contributed by atoms with van der Waals surface area (Å²) in [6.45, 7) is 5.29. The highest BCUT2D eigenvalue weighted by Crippen LogP contribution is 2.44. The highest BCUT2D eigenvalue weighted by Gasteiger charge is 2.56. The second kappa shape index (κ2) is 7.93. The largest absolute Gasteiger partial charge is 0.394 e. The van der Waals surface area contributed by atoms with E-state index in [-0.39, 0.29) is 23.6 Å². The number of halogens is 2. The lowest BCUT2D eigenvalue weighted by Gasteiger charge is -2.24. The van der Waals surface area contributed by atoms with Gasteiger partial charge in [0.15, 0.2) is 17.7 Å². The van der Waals surface area contributed by atoms with Crippen molar-refractivity contribution in [1.82, 2.24) is 14.8 Å². The highest BCUT2D eigenvalue weighted by molar-refractivity contribution is 6.30. The number of fused-ring (bicyclic) bond motifs is 2. The van der Waals surface area contributed by atoms with Gasteiger partial charge in [0.2, 0.25) is 0 Å². The Labute approximate surface area is 189 Å². The van der Waals surface area contributed by atoms with Crippen LogP contribution in [0.25, 0.3) is 11.0 Å². The second-order valence-electron chi connectivity index (χ2n) is 8.52. The van der Waals surface area contributed by atoms with Crippen LogP contribution in [0.4, 0.5) is 10.1 Å². The molecule has 0 radical (unpaired) electrons. The highest BCUT2D eigenvalue weighted by atomic mass is 35.5. The maximum absolute atomic E-state index is 14.2. The molecule has 0 aliphatic carbocycles. The third-order valence-electron chi connectivity index (χ3n) is 5.83. The SMILES string of the molecule is C[C@H](Nc1cc(Cl)nc2c1cnn2[C@@H]1O[C@H](CO)[C@H]2OC(C)(C)O[C@H]21)c1ccccc1F. The number of anilines is 1. The molecular weight excluding hydrogens is 439 g/mol. The third-order valence-corrected chi connectivity index (χ3v) is 6.02. The predicted molar refractivity (Wildman–Crippen MR) is 116 cm³/mol. The first kappa shape index (κ1) is 21.5. The van der Waals surface area contributed by atoms with Crippen LogP contribution in [0.2, 0.25) is 5.15 Å². The summed E-state index contributed by atoms with van der Waals surface area (Å²) in [6, 6.07) is 7.97. The summed E-state index contributed by atoms with van der Waals surface area (Å²) in [5.41, 5.74) is 1.68. The number of nitrogens with zero attached hydrogens (tertiary/aromatic N) is 3. The van der Waals surface area contributed by atoms with Gasteiger partial charge in [-0.1, -0.05) is 29.8 Å². The van der Waals surface area contributed by atoms with E-state index >= 15 is 0 Å². The number of pyridine rings is 1. The Morgan fingerprint density at radius 1 is 1.28 bits per heavy atom. The van der Waals surface area contributed by atoms with Crippen LogP contribution in [-0.4, -0.2) is 50.6 Å². The van der Waals surface area contributed by atoms with Crippen molar-refractivity contribution in [3.8, 4) is 0 Å². The Kier molecular flexibility index (Phi) is 5.34. The summed E-state index contributed by atoms with van der Waals surface area (Å²) < 4.78 is 33.8. The molecular formula is C22H24ClFN4O4. The molecule has 3 aromatic rings. The molecule has 0 saturated carbocycles. The van der Waals surface area contributed by atoms with Crippen LogP contribution in [0, 0.1) is 5.82 Å².